The first-order chi connectivity index (χ1) is 7.47. The maximum atomic E-state index is 11.7. The number of carboxylic acids is 1. The molecule has 0 saturated carbocycles. The van der Waals surface area contributed by atoms with Crippen LogP contribution in [-0.4, -0.2) is 51.7 Å². The monoisotopic (exact) mass is 226 g/mol. The summed E-state index contributed by atoms with van der Waals surface area (Å²) >= 11 is 0. The van der Waals surface area contributed by atoms with Gasteiger partial charge in [0.05, 0.1) is 12.1 Å². The Hall–Kier alpha value is -1.58. The van der Waals surface area contributed by atoms with Crippen molar-refractivity contribution < 1.29 is 19.8 Å². The number of β-amino-alcohol motifs (C(OH)–C–C–N with tert-alkyl or cyclic N) is 1. The Labute approximate surface area is 93.0 Å². The lowest BCUT2D eigenvalue weighted by Gasteiger charge is -2.23. The highest BCUT2D eigenvalue weighted by molar-refractivity contribution is 5.87. The number of aliphatic hydroxyl groups excluding tert-OH is 1. The van der Waals surface area contributed by atoms with Crippen molar-refractivity contribution in [1.82, 2.24) is 4.90 Å². The number of nitrogens with two attached hydrogens (primary N) is 1. The summed E-state index contributed by atoms with van der Waals surface area (Å²) in [6.07, 6.45) is 4.29. The fourth-order valence-electron chi connectivity index (χ4n) is 1.72. The van der Waals surface area contributed by atoms with Gasteiger partial charge in [0, 0.05) is 19.4 Å². The molecule has 1 fully saturated rings. The van der Waals surface area contributed by atoms with Gasteiger partial charge in [0.15, 0.2) is 0 Å². The third-order valence-corrected chi connectivity index (χ3v) is 2.50. The molecule has 0 aromatic carbocycles. The fourth-order valence-corrected chi connectivity index (χ4v) is 1.72. The molecule has 1 aliphatic rings. The Bertz CT molecular complexity index is 336. The lowest BCUT2D eigenvalue weighted by Crippen LogP contribution is -2.48. The lowest BCUT2D eigenvalue weighted by molar-refractivity contribution is -0.148. The van der Waals surface area contributed by atoms with Crippen LogP contribution >= 0.6 is 0 Å². The van der Waals surface area contributed by atoms with Gasteiger partial charge in [-0.3, -0.25) is 4.79 Å². The summed E-state index contributed by atoms with van der Waals surface area (Å²) in [6.45, 7) is -0.00588. The molecule has 4 N–H and O–H groups in total. The van der Waals surface area contributed by atoms with E-state index in [1.165, 1.54) is 0 Å². The van der Waals surface area contributed by atoms with Crippen molar-refractivity contribution in [3.05, 3.63) is 0 Å². The molecular weight excluding hydrogens is 212 g/mol. The third-order valence-electron chi connectivity index (χ3n) is 2.50. The van der Waals surface area contributed by atoms with Gasteiger partial charge in [0.2, 0.25) is 5.91 Å². The first-order valence-corrected chi connectivity index (χ1v) is 4.87. The Morgan fingerprint density at radius 2 is 2.25 bits per heavy atom. The van der Waals surface area contributed by atoms with Crippen LogP contribution in [0, 0.1) is 12.3 Å². The minimum Gasteiger partial charge on any atom is -0.480 e. The van der Waals surface area contributed by atoms with Crippen molar-refractivity contribution in [1.29, 1.82) is 0 Å². The summed E-state index contributed by atoms with van der Waals surface area (Å²) in [6, 6.07) is -1.91. The van der Waals surface area contributed by atoms with Gasteiger partial charge in [-0.15, -0.1) is 12.3 Å². The quantitative estimate of drug-likeness (QED) is 0.502. The van der Waals surface area contributed by atoms with Crippen molar-refractivity contribution in [2.45, 2.75) is 31.0 Å². The highest BCUT2D eigenvalue weighted by Gasteiger charge is 2.40. The van der Waals surface area contributed by atoms with Crippen molar-refractivity contribution in [3.63, 3.8) is 0 Å². The molecule has 6 nitrogen and oxygen atoms in total. The molecule has 1 heterocycles. The normalized spacial score (nSPS) is 26.2. The topological polar surface area (TPSA) is 104 Å². The molecule has 1 rings (SSSR count). The fraction of sp³-hybridized carbons (Fsp3) is 0.600. The van der Waals surface area contributed by atoms with Crippen molar-refractivity contribution in [2.75, 3.05) is 6.54 Å². The van der Waals surface area contributed by atoms with Gasteiger partial charge in [-0.1, -0.05) is 0 Å². The molecule has 16 heavy (non-hydrogen) atoms. The van der Waals surface area contributed by atoms with Crippen LogP contribution in [0.3, 0.4) is 0 Å². The summed E-state index contributed by atoms with van der Waals surface area (Å²) in [5.74, 6) is 0.578. The number of hydrogen-bond acceptors (Lipinski definition) is 4. The van der Waals surface area contributed by atoms with Crippen molar-refractivity contribution >= 4 is 11.9 Å². The average Bonchev–Trinajstić information content (AvgIpc) is 2.59. The van der Waals surface area contributed by atoms with Gasteiger partial charge >= 0.3 is 5.97 Å². The first kappa shape index (κ1) is 12.5. The molecule has 0 radical (unpaired) electrons. The summed E-state index contributed by atoms with van der Waals surface area (Å²) in [5, 5.41) is 18.2. The maximum absolute atomic E-state index is 11.7. The zero-order valence-corrected chi connectivity index (χ0v) is 8.67. The molecule has 1 unspecified atom stereocenters. The standard InChI is InChI=1S/C10H14N2O4/c1-2-3-7(11)9(14)12-5-6(13)4-8(12)10(15)16/h1,6-8,13H,3-5,11H2,(H,15,16)/t6-,7?,8+/m1/s1. The van der Waals surface area contributed by atoms with Crippen molar-refractivity contribution in [2.24, 2.45) is 5.73 Å². The van der Waals surface area contributed by atoms with E-state index in [-0.39, 0.29) is 19.4 Å². The average molecular weight is 226 g/mol. The minimum absolute atomic E-state index is 0.00588. The van der Waals surface area contributed by atoms with Crippen LogP contribution in [0.1, 0.15) is 12.8 Å². The van der Waals surface area contributed by atoms with E-state index in [1.807, 2.05) is 0 Å². The van der Waals surface area contributed by atoms with Gasteiger partial charge in [-0.2, -0.15) is 0 Å². The van der Waals surface area contributed by atoms with Gasteiger partial charge in [-0.05, 0) is 0 Å². The molecular formula is C10H14N2O4. The van der Waals surface area contributed by atoms with Crippen LogP contribution < -0.4 is 5.73 Å². The Balaban J connectivity index is 2.75. The second kappa shape index (κ2) is 4.96. The van der Waals surface area contributed by atoms with E-state index in [4.69, 9.17) is 17.3 Å². The number of rotatable bonds is 3. The number of aliphatic hydroxyl groups is 1. The molecule has 6 heteroatoms. The molecule has 0 aliphatic carbocycles. The molecule has 0 bridgehead atoms. The Morgan fingerprint density at radius 3 is 2.75 bits per heavy atom. The first-order valence-electron chi connectivity index (χ1n) is 4.87. The smallest absolute Gasteiger partial charge is 0.326 e. The van der Waals surface area contributed by atoms with E-state index < -0.39 is 30.1 Å². The summed E-state index contributed by atoms with van der Waals surface area (Å²) in [4.78, 5) is 23.7. The second-order valence-electron chi connectivity index (χ2n) is 3.75. The number of carboxylic acid groups (broad SMARTS) is 1. The van der Waals surface area contributed by atoms with E-state index in [0.29, 0.717) is 0 Å². The minimum atomic E-state index is -1.14. The highest BCUT2D eigenvalue weighted by atomic mass is 16.4. The summed E-state index contributed by atoms with van der Waals surface area (Å²) in [7, 11) is 0. The molecule has 0 aromatic heterocycles. The molecule has 1 aliphatic heterocycles. The van der Waals surface area contributed by atoms with Gasteiger partial charge in [-0.25, -0.2) is 4.79 Å². The number of hydrogen-bond donors (Lipinski definition) is 3. The lowest BCUT2D eigenvalue weighted by atomic mass is 10.1. The highest BCUT2D eigenvalue weighted by Crippen LogP contribution is 2.19. The number of aliphatic carboxylic acids is 1. The van der Waals surface area contributed by atoms with Crippen LogP contribution in [0.2, 0.25) is 0 Å². The van der Waals surface area contributed by atoms with E-state index in [1.54, 1.807) is 0 Å². The Kier molecular flexibility index (Phi) is 3.88. The molecule has 0 aromatic rings. The molecule has 3 atom stereocenters. The number of terminal acetylenes is 1. The van der Waals surface area contributed by atoms with Crippen LogP contribution in [0.4, 0.5) is 0 Å². The van der Waals surface area contributed by atoms with Crippen LogP contribution in [-0.2, 0) is 9.59 Å². The predicted octanol–water partition coefficient (Wildman–Crippen LogP) is -1.62. The zero-order chi connectivity index (χ0) is 12.3. The SMILES string of the molecule is C#CCC(N)C(=O)N1C[C@H](O)C[C@H]1C(=O)O. The maximum Gasteiger partial charge on any atom is 0.326 e. The van der Waals surface area contributed by atoms with E-state index in [2.05, 4.69) is 5.92 Å². The second-order valence-corrected chi connectivity index (χ2v) is 3.75. The van der Waals surface area contributed by atoms with E-state index >= 15 is 0 Å². The van der Waals surface area contributed by atoms with E-state index in [0.717, 1.165) is 4.90 Å². The number of nitrogens with zero attached hydrogens (tertiary/aromatic N) is 1. The molecule has 0 spiro atoms. The summed E-state index contributed by atoms with van der Waals surface area (Å²) < 4.78 is 0. The van der Waals surface area contributed by atoms with Crippen LogP contribution in [0.5, 0.6) is 0 Å². The Morgan fingerprint density at radius 1 is 1.62 bits per heavy atom. The van der Waals surface area contributed by atoms with Crippen LogP contribution in [0.15, 0.2) is 0 Å². The predicted molar refractivity (Wildman–Crippen MR) is 55.2 cm³/mol. The third kappa shape index (κ3) is 2.51. The van der Waals surface area contributed by atoms with Gasteiger partial charge in [0.25, 0.3) is 0 Å². The molecule has 1 saturated heterocycles. The van der Waals surface area contributed by atoms with Gasteiger partial charge < -0.3 is 20.8 Å². The number of carbonyl (C=O) groups excluding carboxylic acids is 1. The largest absolute Gasteiger partial charge is 0.480 e. The van der Waals surface area contributed by atoms with Gasteiger partial charge in [0.1, 0.15) is 6.04 Å². The van der Waals surface area contributed by atoms with E-state index in [9.17, 15) is 14.7 Å². The molecule has 1 amide bonds. The van der Waals surface area contributed by atoms with Crippen molar-refractivity contribution in [3.8, 4) is 12.3 Å². The number of carbonyl (C=O) groups is 2. The summed E-state index contributed by atoms with van der Waals surface area (Å²) in [5.41, 5.74) is 5.51. The number of amides is 1. The zero-order valence-electron chi connectivity index (χ0n) is 8.67. The number of likely N-dealkylation sites (tertiary alicyclic amines) is 1. The van der Waals surface area contributed by atoms with Crippen LogP contribution in [0.25, 0.3) is 0 Å². The molecule has 88 valence electrons.